The predicted molar refractivity (Wildman–Crippen MR) is 80.5 cm³/mol. The minimum absolute atomic E-state index is 0.118. The van der Waals surface area contributed by atoms with Gasteiger partial charge in [-0.3, -0.25) is 9.59 Å². The third-order valence-electron chi connectivity index (χ3n) is 3.26. The molecule has 2 aromatic rings. The van der Waals surface area contributed by atoms with E-state index in [4.69, 9.17) is 10.7 Å². The van der Waals surface area contributed by atoms with Crippen LogP contribution < -0.4 is 5.56 Å². The molecule has 0 radical (unpaired) electrons. The van der Waals surface area contributed by atoms with E-state index in [9.17, 15) is 19.5 Å². The Labute approximate surface area is 130 Å². The molecule has 116 valence electrons. The number of hydrogen-bond donors (Lipinski definition) is 2. The molecule has 1 aromatic carbocycles. The summed E-state index contributed by atoms with van der Waals surface area (Å²) in [4.78, 5) is 35.7. The minimum Gasteiger partial charge on any atom is -0.476 e. The van der Waals surface area contributed by atoms with Crippen LogP contribution in [-0.2, 0) is 11.3 Å². The summed E-state index contributed by atoms with van der Waals surface area (Å²) in [7, 11) is 0. The first-order valence-corrected chi connectivity index (χ1v) is 6.57. The molecule has 2 rings (SSSR count). The molecule has 0 aliphatic rings. The highest BCUT2D eigenvalue weighted by atomic mass is 16.4. The van der Waals surface area contributed by atoms with E-state index in [-0.39, 0.29) is 22.2 Å². The molecule has 1 atom stereocenters. The SMILES string of the molecule is CC(=N)C(C#N)C(=O)Cn1nc(C(=O)O)c2ccccc2c1=O. The Morgan fingerprint density at radius 1 is 1.39 bits per heavy atom. The van der Waals surface area contributed by atoms with Gasteiger partial charge in [-0.2, -0.15) is 10.4 Å². The predicted octanol–water partition coefficient (Wildman–Crippen LogP) is 0.843. The van der Waals surface area contributed by atoms with Crippen LogP contribution in [0.4, 0.5) is 0 Å². The van der Waals surface area contributed by atoms with Gasteiger partial charge in [0, 0.05) is 11.1 Å². The topological polar surface area (TPSA) is 137 Å². The zero-order chi connectivity index (χ0) is 17.1. The molecule has 8 heteroatoms. The van der Waals surface area contributed by atoms with Gasteiger partial charge in [0.1, 0.15) is 12.5 Å². The van der Waals surface area contributed by atoms with Crippen LogP contribution in [0.5, 0.6) is 0 Å². The number of carbonyl (C=O) groups excluding carboxylic acids is 1. The number of nitriles is 1. The first-order valence-electron chi connectivity index (χ1n) is 6.57. The van der Waals surface area contributed by atoms with E-state index in [1.54, 1.807) is 18.2 Å². The summed E-state index contributed by atoms with van der Waals surface area (Å²) in [5.41, 5.74) is -1.13. The third kappa shape index (κ3) is 2.98. The molecule has 8 nitrogen and oxygen atoms in total. The number of hydrogen-bond acceptors (Lipinski definition) is 6. The number of carbonyl (C=O) groups is 2. The van der Waals surface area contributed by atoms with E-state index in [2.05, 4.69) is 5.10 Å². The Kier molecular flexibility index (Phi) is 4.32. The van der Waals surface area contributed by atoms with Crippen molar-refractivity contribution in [3.8, 4) is 6.07 Å². The Balaban J connectivity index is 2.59. The molecule has 1 aromatic heterocycles. The average Bonchev–Trinajstić information content (AvgIpc) is 2.50. The van der Waals surface area contributed by atoms with Gasteiger partial charge in [0.25, 0.3) is 5.56 Å². The molecule has 1 heterocycles. The van der Waals surface area contributed by atoms with Crippen LogP contribution in [0, 0.1) is 22.7 Å². The Morgan fingerprint density at radius 3 is 2.52 bits per heavy atom. The largest absolute Gasteiger partial charge is 0.476 e. The van der Waals surface area contributed by atoms with Crippen molar-refractivity contribution in [2.45, 2.75) is 13.5 Å². The molecule has 0 amide bonds. The number of rotatable bonds is 5. The number of nitrogens with one attached hydrogen (secondary N) is 1. The monoisotopic (exact) mass is 312 g/mol. The van der Waals surface area contributed by atoms with Gasteiger partial charge >= 0.3 is 5.97 Å². The van der Waals surface area contributed by atoms with Gasteiger partial charge in [0.2, 0.25) is 0 Å². The molecule has 23 heavy (non-hydrogen) atoms. The van der Waals surface area contributed by atoms with E-state index in [1.165, 1.54) is 19.1 Å². The van der Waals surface area contributed by atoms with Crippen molar-refractivity contribution in [3.05, 3.63) is 40.3 Å². The highest BCUT2D eigenvalue weighted by molar-refractivity contribution is 6.05. The van der Waals surface area contributed by atoms with Crippen molar-refractivity contribution >= 4 is 28.2 Å². The minimum atomic E-state index is -1.33. The fourth-order valence-corrected chi connectivity index (χ4v) is 2.15. The summed E-state index contributed by atoms with van der Waals surface area (Å²) in [6.45, 7) is 0.740. The highest BCUT2D eigenvalue weighted by Gasteiger charge is 2.23. The lowest BCUT2D eigenvalue weighted by molar-refractivity contribution is -0.120. The van der Waals surface area contributed by atoms with E-state index in [0.717, 1.165) is 4.68 Å². The Morgan fingerprint density at radius 2 is 2.00 bits per heavy atom. The second-order valence-corrected chi connectivity index (χ2v) is 4.87. The zero-order valence-electron chi connectivity index (χ0n) is 12.1. The number of carboxylic acids is 1. The quantitative estimate of drug-likeness (QED) is 0.785. The van der Waals surface area contributed by atoms with Crippen LogP contribution in [0.15, 0.2) is 29.1 Å². The number of fused-ring (bicyclic) bond motifs is 1. The number of carboxylic acid groups (broad SMARTS) is 1. The van der Waals surface area contributed by atoms with Crippen LogP contribution in [-0.4, -0.2) is 32.4 Å². The molecule has 0 spiro atoms. The maximum Gasteiger partial charge on any atom is 0.357 e. The summed E-state index contributed by atoms with van der Waals surface area (Å²) in [6.07, 6.45) is 0. The second-order valence-electron chi connectivity index (χ2n) is 4.87. The molecular weight excluding hydrogens is 300 g/mol. The maximum absolute atomic E-state index is 12.3. The smallest absolute Gasteiger partial charge is 0.357 e. The van der Waals surface area contributed by atoms with E-state index < -0.39 is 29.8 Å². The van der Waals surface area contributed by atoms with Gasteiger partial charge in [-0.05, 0) is 13.0 Å². The summed E-state index contributed by atoms with van der Waals surface area (Å²) in [5.74, 6) is -3.31. The average molecular weight is 312 g/mol. The number of nitrogens with zero attached hydrogens (tertiary/aromatic N) is 3. The first-order chi connectivity index (χ1) is 10.9. The summed E-state index contributed by atoms with van der Waals surface area (Å²) in [5, 5.41) is 29.6. The zero-order valence-corrected chi connectivity index (χ0v) is 12.1. The van der Waals surface area contributed by atoms with Crippen LogP contribution in [0.25, 0.3) is 10.8 Å². The van der Waals surface area contributed by atoms with Gasteiger partial charge in [-0.15, -0.1) is 0 Å². The van der Waals surface area contributed by atoms with Crippen molar-refractivity contribution < 1.29 is 14.7 Å². The van der Waals surface area contributed by atoms with Crippen LogP contribution >= 0.6 is 0 Å². The van der Waals surface area contributed by atoms with Crippen molar-refractivity contribution in [2.75, 3.05) is 0 Å². The standard InChI is InChI=1S/C15H12N4O4/c1-8(17)11(6-16)12(20)7-19-14(21)10-5-3-2-4-9(10)13(18-19)15(22)23/h2-5,11,17H,7H2,1H3,(H,22,23). The van der Waals surface area contributed by atoms with Gasteiger partial charge in [0.15, 0.2) is 11.5 Å². The number of benzene rings is 1. The maximum atomic E-state index is 12.3. The molecule has 2 N–H and O–H groups in total. The van der Waals surface area contributed by atoms with E-state index in [1.807, 2.05) is 0 Å². The molecule has 0 aliphatic carbocycles. The lowest BCUT2D eigenvalue weighted by atomic mass is 10.0. The Bertz CT molecular complexity index is 923. The normalized spacial score (nSPS) is 11.7. The van der Waals surface area contributed by atoms with Crippen molar-refractivity contribution in [3.63, 3.8) is 0 Å². The number of aromatic nitrogens is 2. The van der Waals surface area contributed by atoms with Crippen molar-refractivity contribution in [2.24, 2.45) is 5.92 Å². The fraction of sp³-hybridized carbons (Fsp3) is 0.200. The van der Waals surface area contributed by atoms with Gasteiger partial charge in [0.05, 0.1) is 11.5 Å². The molecule has 1 unspecified atom stereocenters. The molecule has 0 bridgehead atoms. The fourth-order valence-electron chi connectivity index (χ4n) is 2.15. The van der Waals surface area contributed by atoms with E-state index >= 15 is 0 Å². The van der Waals surface area contributed by atoms with Crippen LogP contribution in [0.2, 0.25) is 0 Å². The Hall–Kier alpha value is -3.34. The first kappa shape index (κ1) is 16.0. The second kappa shape index (κ2) is 6.19. The van der Waals surface area contributed by atoms with Gasteiger partial charge in [-0.25, -0.2) is 9.48 Å². The molecule has 0 saturated heterocycles. The van der Waals surface area contributed by atoms with Crippen molar-refractivity contribution in [1.82, 2.24) is 9.78 Å². The lowest BCUT2D eigenvalue weighted by Crippen LogP contribution is -2.32. The van der Waals surface area contributed by atoms with E-state index in [0.29, 0.717) is 0 Å². The summed E-state index contributed by atoms with van der Waals surface area (Å²) < 4.78 is 0.724. The summed E-state index contributed by atoms with van der Waals surface area (Å²) in [6, 6.07) is 7.73. The summed E-state index contributed by atoms with van der Waals surface area (Å²) >= 11 is 0. The number of aromatic carboxylic acids is 1. The highest BCUT2D eigenvalue weighted by Crippen LogP contribution is 2.13. The number of ketones is 1. The molecule has 0 saturated carbocycles. The van der Waals surface area contributed by atoms with Gasteiger partial charge in [-0.1, -0.05) is 18.2 Å². The molecular formula is C15H12N4O4. The molecule has 0 fully saturated rings. The van der Waals surface area contributed by atoms with Crippen molar-refractivity contribution in [1.29, 1.82) is 10.7 Å². The molecule has 0 aliphatic heterocycles. The van der Waals surface area contributed by atoms with Crippen LogP contribution in [0.3, 0.4) is 0 Å². The van der Waals surface area contributed by atoms with Gasteiger partial charge < -0.3 is 10.5 Å². The number of Topliss-reactive ketones (excluding diaryl/α,β-unsaturated/α-hetero) is 1. The third-order valence-corrected chi connectivity index (χ3v) is 3.26. The van der Waals surface area contributed by atoms with Crippen LogP contribution in [0.1, 0.15) is 17.4 Å². The lowest BCUT2D eigenvalue weighted by Gasteiger charge is -2.10.